The number of fused-ring (bicyclic) bond motifs is 1. The molecule has 0 atom stereocenters. The minimum absolute atomic E-state index is 0.0471. The van der Waals surface area contributed by atoms with E-state index in [0.29, 0.717) is 22.9 Å². The van der Waals surface area contributed by atoms with Crippen molar-refractivity contribution in [2.24, 2.45) is 0 Å². The van der Waals surface area contributed by atoms with E-state index in [9.17, 15) is 4.79 Å². The number of carbonyl (C=O) groups is 1. The van der Waals surface area contributed by atoms with Crippen LogP contribution in [0.1, 0.15) is 48.8 Å². The van der Waals surface area contributed by atoms with Gasteiger partial charge in [-0.25, -0.2) is 4.98 Å². The van der Waals surface area contributed by atoms with Gasteiger partial charge in [-0.1, -0.05) is 27.2 Å². The zero-order valence-electron chi connectivity index (χ0n) is 16.1. The molecule has 0 bridgehead atoms. The van der Waals surface area contributed by atoms with Crippen molar-refractivity contribution in [3.8, 4) is 10.7 Å². The van der Waals surface area contributed by atoms with E-state index in [1.807, 2.05) is 40.0 Å². The van der Waals surface area contributed by atoms with Crippen LogP contribution < -0.4 is 5.73 Å². The fraction of sp³-hybridized carbons (Fsp3) is 0.421. The summed E-state index contributed by atoms with van der Waals surface area (Å²) in [6.45, 7) is 8.88. The molecular weight excluding hydrogens is 346 g/mol. The molecule has 0 unspecified atom stereocenters. The van der Waals surface area contributed by atoms with Crippen LogP contribution in [0.5, 0.6) is 0 Å². The topological polar surface area (TPSA) is 76.5 Å². The van der Waals surface area contributed by atoms with Gasteiger partial charge in [0.25, 0.3) is 5.91 Å². The second kappa shape index (κ2) is 8.80. The fourth-order valence-corrected chi connectivity index (χ4v) is 3.31. The molecule has 0 radical (unpaired) electrons. The Bertz CT molecular complexity index is 883. The number of rotatable bonds is 5. The minimum Gasteiger partial charge on any atom is -0.384 e. The van der Waals surface area contributed by atoms with Crippen LogP contribution in [-0.2, 0) is 0 Å². The van der Waals surface area contributed by atoms with Crippen LogP contribution in [0, 0.1) is 6.92 Å². The summed E-state index contributed by atoms with van der Waals surface area (Å²) in [4.78, 5) is 21.0. The van der Waals surface area contributed by atoms with Crippen LogP contribution in [0.25, 0.3) is 16.3 Å². The number of hydrogen-bond acceptors (Lipinski definition) is 5. The van der Waals surface area contributed by atoms with Gasteiger partial charge in [0.1, 0.15) is 5.82 Å². The van der Waals surface area contributed by atoms with Gasteiger partial charge in [0.15, 0.2) is 11.5 Å². The Hall–Kier alpha value is -2.41. The number of amides is 1. The van der Waals surface area contributed by atoms with Crippen molar-refractivity contribution < 1.29 is 4.79 Å². The van der Waals surface area contributed by atoms with Gasteiger partial charge in [0.2, 0.25) is 0 Å². The smallest absolute Gasteiger partial charge is 0.253 e. The second-order valence-electron chi connectivity index (χ2n) is 5.86. The molecule has 0 aliphatic carbocycles. The van der Waals surface area contributed by atoms with Crippen molar-refractivity contribution in [3.05, 3.63) is 34.7 Å². The molecule has 3 aromatic heterocycles. The summed E-state index contributed by atoms with van der Waals surface area (Å²) in [5, 5.41) is 4.46. The van der Waals surface area contributed by atoms with Crippen molar-refractivity contribution in [2.45, 2.75) is 40.5 Å². The number of nitrogens with two attached hydrogens (primary N) is 1. The number of nitrogens with zero attached hydrogens (tertiary/aromatic N) is 4. The highest BCUT2D eigenvalue weighted by atomic mass is 32.1. The molecule has 0 fully saturated rings. The monoisotopic (exact) mass is 373 g/mol. The lowest BCUT2D eigenvalue weighted by atomic mass is 10.2. The summed E-state index contributed by atoms with van der Waals surface area (Å²) in [7, 11) is 1.81. The first-order chi connectivity index (χ1) is 12.5. The van der Waals surface area contributed by atoms with Gasteiger partial charge < -0.3 is 10.6 Å². The Morgan fingerprint density at radius 1 is 1.31 bits per heavy atom. The SMILES string of the molecule is CC.CCCCN(C)C(=O)c1cc(N)n2nc(-c3ccc(C)s3)nc2c1. The van der Waals surface area contributed by atoms with Crippen molar-refractivity contribution in [2.75, 3.05) is 19.3 Å². The number of anilines is 1. The van der Waals surface area contributed by atoms with Gasteiger partial charge in [0, 0.05) is 24.0 Å². The highest BCUT2D eigenvalue weighted by molar-refractivity contribution is 7.15. The molecular formula is C19H27N5OS. The molecule has 7 heteroatoms. The van der Waals surface area contributed by atoms with E-state index in [2.05, 4.69) is 17.0 Å². The molecule has 0 saturated carbocycles. The van der Waals surface area contributed by atoms with Gasteiger partial charge in [-0.15, -0.1) is 16.4 Å². The van der Waals surface area contributed by atoms with E-state index in [0.717, 1.165) is 24.3 Å². The van der Waals surface area contributed by atoms with E-state index in [1.165, 1.54) is 4.88 Å². The van der Waals surface area contributed by atoms with Crippen LogP contribution in [0.3, 0.4) is 0 Å². The number of aryl methyl sites for hydroxylation is 1. The maximum Gasteiger partial charge on any atom is 0.253 e. The molecule has 3 aromatic rings. The fourth-order valence-electron chi connectivity index (χ4n) is 2.51. The number of unbranched alkanes of at least 4 members (excludes halogenated alkanes) is 1. The summed E-state index contributed by atoms with van der Waals surface area (Å²) in [6, 6.07) is 7.44. The van der Waals surface area contributed by atoms with Crippen LogP contribution in [0.2, 0.25) is 0 Å². The Morgan fingerprint density at radius 2 is 2.04 bits per heavy atom. The van der Waals surface area contributed by atoms with E-state index in [1.54, 1.807) is 32.9 Å². The summed E-state index contributed by atoms with van der Waals surface area (Å²) >= 11 is 1.63. The van der Waals surface area contributed by atoms with Gasteiger partial charge in [-0.05, 0) is 37.6 Å². The molecule has 2 N–H and O–H groups in total. The molecule has 0 aromatic carbocycles. The number of carbonyl (C=O) groups excluding carboxylic acids is 1. The van der Waals surface area contributed by atoms with Crippen LogP contribution >= 0.6 is 11.3 Å². The standard InChI is InChI=1S/C17H21N5OS.C2H6/c1-4-5-8-21(3)17(23)12-9-14(18)22-15(10-12)19-16(20-22)13-7-6-11(2)24-13;1-2/h6-7,9-10H,4-5,8,18H2,1-3H3;1-2H3. The van der Waals surface area contributed by atoms with Crippen LogP contribution in [0.4, 0.5) is 5.82 Å². The first kappa shape index (κ1) is 19.9. The highest BCUT2D eigenvalue weighted by Crippen LogP contribution is 2.26. The molecule has 1 amide bonds. The van der Waals surface area contributed by atoms with E-state index in [4.69, 9.17) is 5.73 Å². The van der Waals surface area contributed by atoms with Gasteiger partial charge >= 0.3 is 0 Å². The molecule has 140 valence electrons. The number of aromatic nitrogens is 3. The molecule has 6 nitrogen and oxygen atoms in total. The van der Waals surface area contributed by atoms with Crippen molar-refractivity contribution in [1.29, 1.82) is 0 Å². The predicted octanol–water partition coefficient (Wildman–Crippen LogP) is 4.25. The van der Waals surface area contributed by atoms with Crippen LogP contribution in [-0.4, -0.2) is 39.0 Å². The average molecular weight is 374 g/mol. The molecule has 0 spiro atoms. The first-order valence-electron chi connectivity index (χ1n) is 8.98. The molecule has 0 aliphatic heterocycles. The molecule has 26 heavy (non-hydrogen) atoms. The van der Waals surface area contributed by atoms with E-state index in [-0.39, 0.29) is 5.91 Å². The summed E-state index contributed by atoms with van der Waals surface area (Å²) in [5.74, 6) is 0.990. The van der Waals surface area contributed by atoms with Crippen molar-refractivity contribution in [1.82, 2.24) is 19.5 Å². The lowest BCUT2D eigenvalue weighted by Gasteiger charge is -2.17. The lowest BCUT2D eigenvalue weighted by molar-refractivity contribution is 0.0793. The molecule has 0 aliphatic rings. The van der Waals surface area contributed by atoms with Crippen LogP contribution in [0.15, 0.2) is 24.3 Å². The zero-order chi connectivity index (χ0) is 19.3. The maximum atomic E-state index is 12.5. The summed E-state index contributed by atoms with van der Waals surface area (Å²) < 4.78 is 1.58. The lowest BCUT2D eigenvalue weighted by Crippen LogP contribution is -2.27. The molecule has 3 heterocycles. The maximum absolute atomic E-state index is 12.5. The highest BCUT2D eigenvalue weighted by Gasteiger charge is 2.16. The summed E-state index contributed by atoms with van der Waals surface area (Å²) in [6.07, 6.45) is 2.03. The van der Waals surface area contributed by atoms with Crippen molar-refractivity contribution in [3.63, 3.8) is 0 Å². The normalized spacial score (nSPS) is 10.5. The number of nitrogen functional groups attached to an aromatic ring is 1. The molecule has 0 saturated heterocycles. The predicted molar refractivity (Wildman–Crippen MR) is 109 cm³/mol. The van der Waals surface area contributed by atoms with Crippen molar-refractivity contribution >= 4 is 28.7 Å². The second-order valence-corrected chi connectivity index (χ2v) is 7.15. The van der Waals surface area contributed by atoms with Gasteiger partial charge in [-0.2, -0.15) is 4.52 Å². The number of thiophene rings is 1. The van der Waals surface area contributed by atoms with E-state index < -0.39 is 0 Å². The van der Waals surface area contributed by atoms with Gasteiger partial charge in [0.05, 0.1) is 4.88 Å². The van der Waals surface area contributed by atoms with E-state index >= 15 is 0 Å². The largest absolute Gasteiger partial charge is 0.384 e. The average Bonchev–Trinajstić information content (AvgIpc) is 3.27. The molecule has 3 rings (SSSR count). The third kappa shape index (κ3) is 4.22. The quantitative estimate of drug-likeness (QED) is 0.725. The first-order valence-corrected chi connectivity index (χ1v) is 9.80. The third-order valence-electron chi connectivity index (χ3n) is 3.87. The summed E-state index contributed by atoms with van der Waals surface area (Å²) in [5.41, 5.74) is 7.21. The number of pyridine rings is 1. The Morgan fingerprint density at radius 3 is 2.65 bits per heavy atom. The number of hydrogen-bond donors (Lipinski definition) is 1. The van der Waals surface area contributed by atoms with Gasteiger partial charge in [-0.3, -0.25) is 4.79 Å². The zero-order valence-corrected chi connectivity index (χ0v) is 16.9. The minimum atomic E-state index is -0.0471. The Balaban J connectivity index is 0.00000117. The Kier molecular flexibility index (Phi) is 6.74. The Labute approximate surface area is 158 Å². The third-order valence-corrected chi connectivity index (χ3v) is 4.86.